The van der Waals surface area contributed by atoms with Crippen LogP contribution in [0, 0.1) is 6.92 Å². The van der Waals surface area contributed by atoms with Crippen LogP contribution < -0.4 is 5.32 Å². The van der Waals surface area contributed by atoms with E-state index in [2.05, 4.69) is 15.6 Å². The summed E-state index contributed by atoms with van der Waals surface area (Å²) < 4.78 is 1.61. The zero-order valence-electron chi connectivity index (χ0n) is 10.8. The van der Waals surface area contributed by atoms with Crippen LogP contribution in [0.4, 0.5) is 0 Å². The number of piperidine rings is 1. The summed E-state index contributed by atoms with van der Waals surface area (Å²) >= 11 is 0. The molecular formula is C13H14N4O2. The predicted octanol–water partition coefficient (Wildman–Crippen LogP) is 0.892. The van der Waals surface area contributed by atoms with Crippen molar-refractivity contribution in [2.75, 3.05) is 0 Å². The third kappa shape index (κ3) is 1.71. The molecule has 2 amide bonds. The predicted molar refractivity (Wildman–Crippen MR) is 68.3 cm³/mol. The van der Waals surface area contributed by atoms with Crippen LogP contribution in [0.1, 0.15) is 25.3 Å². The van der Waals surface area contributed by atoms with Crippen molar-refractivity contribution >= 4 is 22.8 Å². The summed E-state index contributed by atoms with van der Waals surface area (Å²) in [5.41, 5.74) is 1.79. The fourth-order valence-electron chi connectivity index (χ4n) is 2.39. The minimum atomic E-state index is -0.863. The Labute approximate surface area is 109 Å². The van der Waals surface area contributed by atoms with E-state index < -0.39 is 5.54 Å². The first-order chi connectivity index (χ1) is 9.00. The fourth-order valence-corrected chi connectivity index (χ4v) is 2.39. The maximum Gasteiger partial charge on any atom is 0.254 e. The highest BCUT2D eigenvalue weighted by atomic mass is 16.2. The van der Waals surface area contributed by atoms with E-state index in [4.69, 9.17) is 0 Å². The second-order valence-corrected chi connectivity index (χ2v) is 5.14. The molecule has 6 heteroatoms. The number of hydrogen-bond donors (Lipinski definition) is 1. The van der Waals surface area contributed by atoms with Crippen molar-refractivity contribution in [3.8, 4) is 0 Å². The second-order valence-electron chi connectivity index (χ2n) is 5.14. The molecule has 0 bridgehead atoms. The number of fused-ring (bicyclic) bond motifs is 1. The molecule has 1 N–H and O–H groups in total. The van der Waals surface area contributed by atoms with E-state index in [0.29, 0.717) is 12.8 Å². The molecule has 1 unspecified atom stereocenters. The van der Waals surface area contributed by atoms with E-state index in [-0.39, 0.29) is 11.8 Å². The van der Waals surface area contributed by atoms with Crippen molar-refractivity contribution < 1.29 is 9.59 Å². The highest BCUT2D eigenvalue weighted by molar-refractivity contribution is 6.01. The summed E-state index contributed by atoms with van der Waals surface area (Å²) in [4.78, 5) is 23.4. The monoisotopic (exact) mass is 258 g/mol. The molecule has 98 valence electrons. The van der Waals surface area contributed by atoms with Crippen LogP contribution in [0.3, 0.4) is 0 Å². The van der Waals surface area contributed by atoms with Crippen molar-refractivity contribution in [1.82, 2.24) is 20.3 Å². The van der Waals surface area contributed by atoms with E-state index in [0.717, 1.165) is 16.6 Å². The van der Waals surface area contributed by atoms with Crippen LogP contribution >= 0.6 is 0 Å². The van der Waals surface area contributed by atoms with Gasteiger partial charge >= 0.3 is 0 Å². The minimum absolute atomic E-state index is 0.234. The van der Waals surface area contributed by atoms with Gasteiger partial charge in [0.1, 0.15) is 11.1 Å². The van der Waals surface area contributed by atoms with Gasteiger partial charge in [-0.25, -0.2) is 4.68 Å². The van der Waals surface area contributed by atoms with Gasteiger partial charge in [0.05, 0.1) is 5.52 Å². The molecular weight excluding hydrogens is 244 g/mol. The Bertz CT molecular complexity index is 691. The number of aryl methyl sites for hydroxylation is 1. The first kappa shape index (κ1) is 11.8. The van der Waals surface area contributed by atoms with Crippen LogP contribution in [-0.4, -0.2) is 26.8 Å². The highest BCUT2D eigenvalue weighted by Gasteiger charge is 2.42. The number of benzene rings is 1. The van der Waals surface area contributed by atoms with Crippen LogP contribution in [0.25, 0.3) is 11.0 Å². The van der Waals surface area contributed by atoms with Gasteiger partial charge in [-0.3, -0.25) is 14.9 Å². The van der Waals surface area contributed by atoms with Crippen molar-refractivity contribution in [1.29, 1.82) is 0 Å². The summed E-state index contributed by atoms with van der Waals surface area (Å²) in [7, 11) is 0. The van der Waals surface area contributed by atoms with Crippen LogP contribution in [0.5, 0.6) is 0 Å². The van der Waals surface area contributed by atoms with Gasteiger partial charge in [0.15, 0.2) is 0 Å². The molecule has 19 heavy (non-hydrogen) atoms. The smallest absolute Gasteiger partial charge is 0.254 e. The number of hydrogen-bond acceptors (Lipinski definition) is 4. The summed E-state index contributed by atoms with van der Waals surface area (Å²) in [5, 5.41) is 10.6. The molecule has 1 saturated heterocycles. The van der Waals surface area contributed by atoms with Crippen molar-refractivity contribution in [3.63, 3.8) is 0 Å². The summed E-state index contributed by atoms with van der Waals surface area (Å²) in [6.07, 6.45) is 0.749. The van der Waals surface area contributed by atoms with Gasteiger partial charge in [-0.2, -0.15) is 0 Å². The molecule has 1 aromatic heterocycles. The van der Waals surface area contributed by atoms with Crippen LogP contribution in [0.2, 0.25) is 0 Å². The van der Waals surface area contributed by atoms with Crippen LogP contribution in [0.15, 0.2) is 18.2 Å². The lowest BCUT2D eigenvalue weighted by molar-refractivity contribution is -0.140. The lowest BCUT2D eigenvalue weighted by atomic mass is 9.91. The molecule has 6 nitrogen and oxygen atoms in total. The first-order valence-corrected chi connectivity index (χ1v) is 6.17. The number of nitrogens with one attached hydrogen (secondary N) is 1. The zero-order chi connectivity index (χ0) is 13.6. The zero-order valence-corrected chi connectivity index (χ0v) is 10.8. The highest BCUT2D eigenvalue weighted by Crippen LogP contribution is 2.28. The van der Waals surface area contributed by atoms with E-state index in [9.17, 15) is 9.59 Å². The number of carbonyl (C=O) groups is 2. The number of carbonyl (C=O) groups excluding carboxylic acids is 2. The van der Waals surface area contributed by atoms with Gasteiger partial charge in [0.2, 0.25) is 5.91 Å². The van der Waals surface area contributed by atoms with E-state index in [1.807, 2.05) is 25.1 Å². The van der Waals surface area contributed by atoms with Crippen molar-refractivity contribution in [3.05, 3.63) is 23.8 Å². The molecule has 1 aliphatic heterocycles. The maximum absolute atomic E-state index is 12.1. The Morgan fingerprint density at radius 1 is 1.37 bits per heavy atom. The fraction of sp³-hybridized carbons (Fsp3) is 0.385. The van der Waals surface area contributed by atoms with Gasteiger partial charge in [0, 0.05) is 6.42 Å². The Morgan fingerprint density at radius 2 is 2.16 bits per heavy atom. The van der Waals surface area contributed by atoms with Crippen molar-refractivity contribution in [2.45, 2.75) is 32.2 Å². The quantitative estimate of drug-likeness (QED) is 0.771. The second kappa shape index (κ2) is 3.88. The third-order valence-corrected chi connectivity index (χ3v) is 3.65. The van der Waals surface area contributed by atoms with E-state index in [1.54, 1.807) is 11.6 Å². The molecule has 0 aliphatic carbocycles. The molecule has 0 radical (unpaired) electrons. The first-order valence-electron chi connectivity index (χ1n) is 6.17. The normalized spacial score (nSPS) is 23.7. The molecule has 0 saturated carbocycles. The molecule has 3 rings (SSSR count). The summed E-state index contributed by atoms with van der Waals surface area (Å²) in [6.45, 7) is 3.76. The minimum Gasteiger partial charge on any atom is -0.294 e. The third-order valence-electron chi connectivity index (χ3n) is 3.65. The van der Waals surface area contributed by atoms with Crippen molar-refractivity contribution in [2.24, 2.45) is 0 Å². The molecule has 0 spiro atoms. The van der Waals surface area contributed by atoms with Gasteiger partial charge in [0.25, 0.3) is 5.91 Å². The average Bonchev–Trinajstić information content (AvgIpc) is 2.77. The van der Waals surface area contributed by atoms with Gasteiger partial charge in [-0.15, -0.1) is 5.10 Å². The number of amides is 2. The van der Waals surface area contributed by atoms with Gasteiger partial charge in [-0.05, 0) is 38.0 Å². The molecule has 1 aromatic carbocycles. The number of rotatable bonds is 1. The lowest BCUT2D eigenvalue weighted by Crippen LogP contribution is -2.53. The standard InChI is InChI=1S/C13H14N4O2/c1-8-3-4-10-9(7-8)15-16-17(10)13(2)6-5-11(18)14-12(13)19/h3-4,7H,5-6H2,1-2H3,(H,14,18,19). The number of nitrogens with zero attached hydrogens (tertiary/aromatic N) is 3. The summed E-state index contributed by atoms with van der Waals surface area (Å²) in [6, 6.07) is 5.78. The average molecular weight is 258 g/mol. The SMILES string of the molecule is Cc1ccc2c(c1)nnn2C1(C)CCC(=O)NC1=O. The van der Waals surface area contributed by atoms with Crippen LogP contribution in [-0.2, 0) is 15.1 Å². The van der Waals surface area contributed by atoms with E-state index >= 15 is 0 Å². The Balaban J connectivity index is 2.13. The van der Waals surface area contributed by atoms with Gasteiger partial charge < -0.3 is 0 Å². The Hall–Kier alpha value is -2.24. The lowest BCUT2D eigenvalue weighted by Gasteiger charge is -2.31. The largest absolute Gasteiger partial charge is 0.294 e. The Kier molecular flexibility index (Phi) is 2.41. The molecule has 2 heterocycles. The summed E-state index contributed by atoms with van der Waals surface area (Å²) in [5.74, 6) is -0.557. The molecule has 1 aliphatic rings. The molecule has 1 atom stereocenters. The van der Waals surface area contributed by atoms with E-state index in [1.165, 1.54) is 0 Å². The Morgan fingerprint density at radius 3 is 2.89 bits per heavy atom. The number of aromatic nitrogens is 3. The number of imide groups is 1. The van der Waals surface area contributed by atoms with Gasteiger partial charge in [-0.1, -0.05) is 11.3 Å². The molecule has 1 fully saturated rings. The maximum atomic E-state index is 12.1. The molecule has 2 aromatic rings. The topological polar surface area (TPSA) is 76.9 Å².